The Morgan fingerprint density at radius 1 is 0.680 bits per heavy atom. The third-order valence-corrected chi connectivity index (χ3v) is 8.93. The highest BCUT2D eigenvalue weighted by Crippen LogP contribution is 2.55. The summed E-state index contributed by atoms with van der Waals surface area (Å²) < 4.78 is 0. The van der Waals surface area contributed by atoms with Gasteiger partial charge in [0.2, 0.25) is 0 Å². The van der Waals surface area contributed by atoms with Crippen molar-refractivity contribution >= 4 is 23.2 Å². The third kappa shape index (κ3) is 3.74. The fourth-order valence-electron chi connectivity index (χ4n) is 3.31. The van der Waals surface area contributed by atoms with Crippen LogP contribution in [0.15, 0.2) is 96.1 Å². The molecule has 124 valence electrons. The number of hydrogen-bond acceptors (Lipinski definition) is 1. The van der Waals surface area contributed by atoms with Crippen molar-refractivity contribution in [3.05, 3.63) is 101 Å². The summed E-state index contributed by atoms with van der Waals surface area (Å²) in [4.78, 5) is 2.91. The molecular weight excluding hydrogens is 325 g/mol. The molecule has 25 heavy (non-hydrogen) atoms. The summed E-state index contributed by atoms with van der Waals surface area (Å²) in [7, 11) is -1.78. The second-order valence-electron chi connectivity index (χ2n) is 5.85. The van der Waals surface area contributed by atoms with Crippen molar-refractivity contribution < 1.29 is 0 Å². The number of azide groups is 1. The lowest BCUT2D eigenvalue weighted by Gasteiger charge is -2.27. The highest BCUT2D eigenvalue weighted by Gasteiger charge is 2.44. The molecule has 0 heterocycles. The summed E-state index contributed by atoms with van der Waals surface area (Å²) in [5, 5.41) is 7.86. The molecule has 3 aromatic carbocycles. The number of rotatable bonds is 7. The zero-order valence-electron chi connectivity index (χ0n) is 14.1. The summed E-state index contributed by atoms with van der Waals surface area (Å²) in [5.41, 5.74) is 8.61. The number of nitrogens with zero attached hydrogens (tertiary/aromatic N) is 3. The third-order valence-electron chi connectivity index (χ3n) is 4.41. The highest BCUT2D eigenvalue weighted by atomic mass is 31.2. The van der Waals surface area contributed by atoms with Crippen LogP contribution < -0.4 is 15.9 Å². The lowest BCUT2D eigenvalue weighted by Crippen LogP contribution is -2.33. The van der Waals surface area contributed by atoms with Crippen molar-refractivity contribution in [1.29, 1.82) is 0 Å². The van der Waals surface area contributed by atoms with Gasteiger partial charge in [0.15, 0.2) is 0 Å². The van der Waals surface area contributed by atoms with Crippen LogP contribution in [0.25, 0.3) is 10.4 Å². The zero-order valence-corrected chi connectivity index (χ0v) is 15.0. The summed E-state index contributed by atoms with van der Waals surface area (Å²) in [6.45, 7) is 0.532. The summed E-state index contributed by atoms with van der Waals surface area (Å²) in [6.07, 6.45) is 1.86. The largest absolute Gasteiger partial charge is 0.112 e. The molecule has 0 saturated carbocycles. The molecule has 0 atom stereocenters. The fourth-order valence-corrected chi connectivity index (χ4v) is 7.63. The second kappa shape index (κ2) is 8.48. The standard InChI is InChI=1S/C21H21N3P/c22-24-23-17-10-18-25(19-11-4-1-5-12-19,20-13-6-2-7-14-20)21-15-8-3-9-16-21/h1-9,11-16H,10,17-18H2/q+1. The lowest BCUT2D eigenvalue weighted by molar-refractivity contribution is 0.927. The predicted molar refractivity (Wildman–Crippen MR) is 109 cm³/mol. The fraction of sp³-hybridized carbons (Fsp3) is 0.143. The van der Waals surface area contributed by atoms with Gasteiger partial charge < -0.3 is 0 Å². The smallest absolute Gasteiger partial charge is 0.0938 e. The molecule has 3 rings (SSSR count). The van der Waals surface area contributed by atoms with Crippen LogP contribution in [0.2, 0.25) is 0 Å². The van der Waals surface area contributed by atoms with Gasteiger partial charge in [-0.15, -0.1) is 0 Å². The minimum atomic E-state index is -1.78. The van der Waals surface area contributed by atoms with Crippen LogP contribution >= 0.6 is 7.26 Å². The molecule has 0 N–H and O–H groups in total. The van der Waals surface area contributed by atoms with E-state index in [9.17, 15) is 0 Å². The molecule has 0 radical (unpaired) electrons. The Balaban J connectivity index is 2.18. The molecule has 4 heteroatoms. The molecular formula is C21H21N3P+. The number of benzene rings is 3. The Morgan fingerprint density at radius 3 is 1.44 bits per heavy atom. The Kier molecular flexibility index (Phi) is 5.85. The van der Waals surface area contributed by atoms with Crippen molar-refractivity contribution in [2.24, 2.45) is 5.11 Å². The van der Waals surface area contributed by atoms with Crippen LogP contribution in [0, 0.1) is 0 Å². The highest BCUT2D eigenvalue weighted by molar-refractivity contribution is 7.95. The van der Waals surface area contributed by atoms with Gasteiger partial charge in [-0.3, -0.25) is 0 Å². The monoisotopic (exact) mass is 346 g/mol. The average molecular weight is 346 g/mol. The van der Waals surface area contributed by atoms with Gasteiger partial charge in [-0.2, -0.15) is 0 Å². The lowest BCUT2D eigenvalue weighted by atomic mass is 10.3. The van der Waals surface area contributed by atoms with E-state index in [0.717, 1.165) is 12.6 Å². The Labute approximate surface area is 149 Å². The normalized spacial score (nSPS) is 10.9. The Hall–Kier alpha value is -2.60. The predicted octanol–water partition coefficient (Wildman–Crippen LogP) is 4.68. The van der Waals surface area contributed by atoms with Gasteiger partial charge in [0.05, 0.1) is 6.16 Å². The van der Waals surface area contributed by atoms with E-state index in [2.05, 4.69) is 101 Å². The minimum Gasteiger partial charge on any atom is -0.0938 e. The molecule has 0 aliphatic rings. The summed E-state index contributed by atoms with van der Waals surface area (Å²) in [6, 6.07) is 32.3. The maximum Gasteiger partial charge on any atom is 0.112 e. The van der Waals surface area contributed by atoms with Crippen LogP contribution in [0.1, 0.15) is 6.42 Å². The Morgan fingerprint density at radius 2 is 1.08 bits per heavy atom. The van der Waals surface area contributed by atoms with Crippen LogP contribution in [0.3, 0.4) is 0 Å². The van der Waals surface area contributed by atoms with Gasteiger partial charge in [0.25, 0.3) is 0 Å². The SMILES string of the molecule is [N-]=[N+]=NCCC[P+](c1ccccc1)(c1ccccc1)c1ccccc1. The van der Waals surface area contributed by atoms with Crippen LogP contribution in [0.5, 0.6) is 0 Å². The first kappa shape index (κ1) is 17.2. The molecule has 0 saturated heterocycles. The minimum absolute atomic E-state index is 0.532. The first-order chi connectivity index (χ1) is 12.4. The molecule has 3 nitrogen and oxygen atoms in total. The van der Waals surface area contributed by atoms with Crippen molar-refractivity contribution in [1.82, 2.24) is 0 Å². The van der Waals surface area contributed by atoms with Gasteiger partial charge in [-0.1, -0.05) is 59.7 Å². The van der Waals surface area contributed by atoms with E-state index in [4.69, 9.17) is 5.53 Å². The van der Waals surface area contributed by atoms with E-state index in [1.165, 1.54) is 15.9 Å². The molecule has 0 bridgehead atoms. The number of hydrogen-bond donors (Lipinski definition) is 0. The molecule has 0 aliphatic carbocycles. The van der Waals surface area contributed by atoms with Gasteiger partial charge >= 0.3 is 0 Å². The van der Waals surface area contributed by atoms with E-state index in [1.807, 2.05) is 0 Å². The van der Waals surface area contributed by atoms with E-state index in [0.29, 0.717) is 6.54 Å². The molecule has 0 amide bonds. The van der Waals surface area contributed by atoms with Gasteiger partial charge in [0, 0.05) is 11.5 Å². The molecule has 3 aromatic rings. The van der Waals surface area contributed by atoms with Gasteiger partial charge in [-0.25, -0.2) is 0 Å². The Bertz CT molecular complexity index is 732. The summed E-state index contributed by atoms with van der Waals surface area (Å²) in [5.74, 6) is 0. The zero-order chi connectivity index (χ0) is 17.4. The molecule has 0 fully saturated rings. The molecule has 0 spiro atoms. The second-order valence-corrected chi connectivity index (χ2v) is 9.46. The summed E-state index contributed by atoms with van der Waals surface area (Å²) >= 11 is 0. The van der Waals surface area contributed by atoms with E-state index in [-0.39, 0.29) is 0 Å². The maximum atomic E-state index is 8.61. The van der Waals surface area contributed by atoms with Crippen molar-refractivity contribution in [2.75, 3.05) is 12.7 Å². The topological polar surface area (TPSA) is 48.8 Å². The van der Waals surface area contributed by atoms with Gasteiger partial charge in [-0.05, 0) is 48.4 Å². The average Bonchev–Trinajstić information content (AvgIpc) is 2.70. The van der Waals surface area contributed by atoms with E-state index in [1.54, 1.807) is 0 Å². The maximum absolute atomic E-state index is 8.61. The van der Waals surface area contributed by atoms with Gasteiger partial charge in [0.1, 0.15) is 23.2 Å². The van der Waals surface area contributed by atoms with Crippen LogP contribution in [-0.4, -0.2) is 12.7 Å². The van der Waals surface area contributed by atoms with Crippen LogP contribution in [0.4, 0.5) is 0 Å². The van der Waals surface area contributed by atoms with Crippen molar-refractivity contribution in [3.63, 3.8) is 0 Å². The molecule has 0 unspecified atom stereocenters. The van der Waals surface area contributed by atoms with Crippen molar-refractivity contribution in [3.8, 4) is 0 Å². The van der Waals surface area contributed by atoms with Crippen molar-refractivity contribution in [2.45, 2.75) is 6.42 Å². The molecule has 0 aromatic heterocycles. The van der Waals surface area contributed by atoms with E-state index >= 15 is 0 Å². The quantitative estimate of drug-likeness (QED) is 0.196. The van der Waals surface area contributed by atoms with E-state index < -0.39 is 7.26 Å². The van der Waals surface area contributed by atoms with Crippen LogP contribution in [-0.2, 0) is 0 Å². The first-order valence-electron chi connectivity index (χ1n) is 8.44. The molecule has 0 aliphatic heterocycles. The first-order valence-corrected chi connectivity index (χ1v) is 10.4.